The second kappa shape index (κ2) is 8.51. The van der Waals surface area contributed by atoms with Crippen molar-refractivity contribution < 1.29 is 9.84 Å². The predicted octanol–water partition coefficient (Wildman–Crippen LogP) is 2.69. The summed E-state index contributed by atoms with van der Waals surface area (Å²) in [6.45, 7) is 4.56. The Balaban J connectivity index is 1.91. The molecule has 0 saturated heterocycles. The molecule has 0 bridgehead atoms. The van der Waals surface area contributed by atoms with E-state index in [2.05, 4.69) is 16.8 Å². The van der Waals surface area contributed by atoms with Crippen molar-refractivity contribution in [2.24, 2.45) is 0 Å². The van der Waals surface area contributed by atoms with Crippen molar-refractivity contribution in [1.29, 1.82) is 0 Å². The van der Waals surface area contributed by atoms with E-state index in [9.17, 15) is 5.11 Å². The van der Waals surface area contributed by atoms with Crippen LogP contribution in [0.3, 0.4) is 0 Å². The van der Waals surface area contributed by atoms with Gasteiger partial charge in [-0.1, -0.05) is 19.1 Å². The smallest absolute Gasteiger partial charge is 0.119 e. The van der Waals surface area contributed by atoms with Crippen molar-refractivity contribution >= 4 is 0 Å². The van der Waals surface area contributed by atoms with Crippen LogP contribution in [0.1, 0.15) is 24.2 Å². The summed E-state index contributed by atoms with van der Waals surface area (Å²) in [7, 11) is 1.64. The van der Waals surface area contributed by atoms with Crippen LogP contribution in [0.5, 0.6) is 5.75 Å². The van der Waals surface area contributed by atoms with E-state index in [1.807, 2.05) is 48.8 Å². The molecule has 0 aliphatic rings. The van der Waals surface area contributed by atoms with Crippen molar-refractivity contribution in [1.82, 2.24) is 9.88 Å². The van der Waals surface area contributed by atoms with Crippen LogP contribution in [0, 0.1) is 0 Å². The first-order chi connectivity index (χ1) is 10.7. The minimum Gasteiger partial charge on any atom is -0.497 e. The van der Waals surface area contributed by atoms with Crippen LogP contribution in [0.15, 0.2) is 48.8 Å². The maximum atomic E-state index is 10.4. The SMILES string of the molecule is CCN(CCc1ccncc1)CC(O)c1cccc(OC)c1. The summed E-state index contributed by atoms with van der Waals surface area (Å²) in [6.07, 6.45) is 4.08. The molecule has 1 aromatic heterocycles. The van der Waals surface area contributed by atoms with Crippen LogP contribution in [-0.2, 0) is 6.42 Å². The van der Waals surface area contributed by atoms with Crippen molar-refractivity contribution in [2.45, 2.75) is 19.4 Å². The Morgan fingerprint density at radius 2 is 2.00 bits per heavy atom. The van der Waals surface area contributed by atoms with E-state index < -0.39 is 6.10 Å². The minimum absolute atomic E-state index is 0.507. The molecule has 1 atom stereocenters. The fourth-order valence-electron chi connectivity index (χ4n) is 2.41. The van der Waals surface area contributed by atoms with Gasteiger partial charge >= 0.3 is 0 Å². The fraction of sp³-hybridized carbons (Fsp3) is 0.389. The summed E-state index contributed by atoms with van der Waals surface area (Å²) in [5, 5.41) is 10.4. The van der Waals surface area contributed by atoms with Crippen LogP contribution in [0.2, 0.25) is 0 Å². The molecule has 1 N–H and O–H groups in total. The van der Waals surface area contributed by atoms with Gasteiger partial charge in [0.2, 0.25) is 0 Å². The molecule has 1 aromatic carbocycles. The summed E-state index contributed by atoms with van der Waals surface area (Å²) < 4.78 is 5.21. The Morgan fingerprint density at radius 1 is 1.23 bits per heavy atom. The average molecular weight is 300 g/mol. The lowest BCUT2D eigenvalue weighted by Gasteiger charge is -2.24. The third-order valence-corrected chi connectivity index (χ3v) is 3.82. The number of aromatic nitrogens is 1. The number of nitrogens with zero attached hydrogens (tertiary/aromatic N) is 2. The number of ether oxygens (including phenoxy) is 1. The number of aliphatic hydroxyl groups is 1. The highest BCUT2D eigenvalue weighted by molar-refractivity contribution is 5.29. The number of methoxy groups -OCH3 is 1. The summed E-state index contributed by atoms with van der Waals surface area (Å²) in [5.41, 5.74) is 2.16. The number of rotatable bonds is 8. The topological polar surface area (TPSA) is 45.6 Å². The van der Waals surface area contributed by atoms with Gasteiger partial charge in [-0.05, 0) is 48.4 Å². The number of aliphatic hydroxyl groups excluding tert-OH is 1. The van der Waals surface area contributed by atoms with Crippen molar-refractivity contribution in [3.05, 3.63) is 59.9 Å². The zero-order valence-corrected chi connectivity index (χ0v) is 13.3. The highest BCUT2D eigenvalue weighted by Crippen LogP contribution is 2.20. The quantitative estimate of drug-likeness (QED) is 0.814. The van der Waals surface area contributed by atoms with Crippen LogP contribution >= 0.6 is 0 Å². The van der Waals surface area contributed by atoms with Gasteiger partial charge in [0.05, 0.1) is 13.2 Å². The second-order valence-electron chi connectivity index (χ2n) is 5.29. The lowest BCUT2D eigenvalue weighted by molar-refractivity contribution is 0.116. The Labute approximate surface area is 132 Å². The lowest BCUT2D eigenvalue weighted by atomic mass is 10.1. The second-order valence-corrected chi connectivity index (χ2v) is 5.29. The minimum atomic E-state index is -0.507. The monoisotopic (exact) mass is 300 g/mol. The van der Waals surface area contributed by atoms with Gasteiger partial charge in [0.25, 0.3) is 0 Å². The van der Waals surface area contributed by atoms with Gasteiger partial charge in [0.1, 0.15) is 5.75 Å². The van der Waals surface area contributed by atoms with E-state index in [-0.39, 0.29) is 0 Å². The zero-order valence-electron chi connectivity index (χ0n) is 13.3. The van der Waals surface area contributed by atoms with Crippen molar-refractivity contribution in [3.8, 4) is 5.75 Å². The Kier molecular flexibility index (Phi) is 6.37. The van der Waals surface area contributed by atoms with E-state index in [1.165, 1.54) is 5.56 Å². The van der Waals surface area contributed by atoms with Gasteiger partial charge in [-0.3, -0.25) is 4.98 Å². The molecular weight excluding hydrogens is 276 g/mol. The zero-order chi connectivity index (χ0) is 15.8. The van der Waals surface area contributed by atoms with E-state index >= 15 is 0 Å². The third kappa shape index (κ3) is 4.83. The molecular formula is C18H24N2O2. The van der Waals surface area contributed by atoms with Crippen LogP contribution in [-0.4, -0.2) is 41.7 Å². The van der Waals surface area contributed by atoms with Crippen molar-refractivity contribution in [2.75, 3.05) is 26.7 Å². The molecule has 1 unspecified atom stereocenters. The standard InChI is InChI=1S/C18H24N2O2/c1-3-20(12-9-15-7-10-19-11-8-15)14-18(21)16-5-4-6-17(13-16)22-2/h4-8,10-11,13,18,21H,3,9,12,14H2,1-2H3. The van der Waals surface area contributed by atoms with Gasteiger partial charge in [-0.25, -0.2) is 0 Å². The summed E-state index contributed by atoms with van der Waals surface area (Å²) in [6, 6.07) is 11.7. The third-order valence-electron chi connectivity index (χ3n) is 3.82. The summed E-state index contributed by atoms with van der Waals surface area (Å²) >= 11 is 0. The van der Waals surface area contributed by atoms with Crippen LogP contribution < -0.4 is 4.74 Å². The van der Waals surface area contributed by atoms with Gasteiger partial charge in [0, 0.05) is 25.5 Å². The Hall–Kier alpha value is -1.91. The van der Waals surface area contributed by atoms with Gasteiger partial charge in [0.15, 0.2) is 0 Å². The molecule has 0 aliphatic carbocycles. The molecule has 4 heteroatoms. The average Bonchev–Trinajstić information content (AvgIpc) is 2.59. The van der Waals surface area contributed by atoms with Gasteiger partial charge in [-0.15, -0.1) is 0 Å². The van der Waals surface area contributed by atoms with E-state index in [1.54, 1.807) is 7.11 Å². The van der Waals surface area contributed by atoms with Crippen molar-refractivity contribution in [3.63, 3.8) is 0 Å². The van der Waals surface area contributed by atoms with Gasteiger partial charge in [-0.2, -0.15) is 0 Å². The summed E-state index contributed by atoms with van der Waals surface area (Å²) in [4.78, 5) is 6.29. The molecule has 1 heterocycles. The normalized spacial score (nSPS) is 12.4. The van der Waals surface area contributed by atoms with Gasteiger partial charge < -0.3 is 14.7 Å². The molecule has 2 rings (SSSR count). The Bertz CT molecular complexity index is 560. The molecule has 4 nitrogen and oxygen atoms in total. The number of hydrogen-bond donors (Lipinski definition) is 1. The summed E-state index contributed by atoms with van der Waals surface area (Å²) in [5.74, 6) is 0.774. The lowest BCUT2D eigenvalue weighted by Crippen LogP contribution is -2.30. The first kappa shape index (κ1) is 16.5. The predicted molar refractivity (Wildman–Crippen MR) is 88.0 cm³/mol. The fourth-order valence-corrected chi connectivity index (χ4v) is 2.41. The number of pyridine rings is 1. The van der Waals surface area contributed by atoms with Crippen LogP contribution in [0.25, 0.3) is 0 Å². The molecule has 0 saturated carbocycles. The molecule has 22 heavy (non-hydrogen) atoms. The number of benzene rings is 1. The van der Waals surface area contributed by atoms with E-state index in [0.717, 1.165) is 30.8 Å². The molecule has 0 amide bonds. The molecule has 2 aromatic rings. The maximum Gasteiger partial charge on any atom is 0.119 e. The maximum absolute atomic E-state index is 10.4. The highest BCUT2D eigenvalue weighted by atomic mass is 16.5. The molecule has 0 radical (unpaired) electrons. The highest BCUT2D eigenvalue weighted by Gasteiger charge is 2.13. The molecule has 0 aliphatic heterocycles. The first-order valence-corrected chi connectivity index (χ1v) is 7.66. The van der Waals surface area contributed by atoms with E-state index in [4.69, 9.17) is 4.74 Å². The molecule has 0 spiro atoms. The first-order valence-electron chi connectivity index (χ1n) is 7.66. The van der Waals surface area contributed by atoms with Crippen LogP contribution in [0.4, 0.5) is 0 Å². The Morgan fingerprint density at radius 3 is 2.68 bits per heavy atom. The van der Waals surface area contributed by atoms with E-state index in [0.29, 0.717) is 6.54 Å². The number of likely N-dealkylation sites (N-methyl/N-ethyl adjacent to an activating group) is 1. The largest absolute Gasteiger partial charge is 0.497 e. The number of hydrogen-bond acceptors (Lipinski definition) is 4. The molecule has 118 valence electrons. The molecule has 0 fully saturated rings.